The summed E-state index contributed by atoms with van der Waals surface area (Å²) in [5.41, 5.74) is 0.803. The number of hydrogen-bond donors (Lipinski definition) is 2. The predicted octanol–water partition coefficient (Wildman–Crippen LogP) is 3.52. The Morgan fingerprint density at radius 1 is 1.21 bits per heavy atom. The van der Waals surface area contributed by atoms with E-state index in [1.807, 2.05) is 24.3 Å². The molecule has 1 fully saturated rings. The number of benzene rings is 1. The highest BCUT2D eigenvalue weighted by atomic mass is 35.5. The summed E-state index contributed by atoms with van der Waals surface area (Å²) in [6.45, 7) is 1.55. The first-order chi connectivity index (χ1) is 11.6. The molecule has 1 aromatic carbocycles. The Hall–Kier alpha value is -2.05. The highest BCUT2D eigenvalue weighted by molar-refractivity contribution is 7.80. The molecule has 126 valence electrons. The number of carbonyl (C=O) groups excluding carboxylic acids is 1. The summed E-state index contributed by atoms with van der Waals surface area (Å²) in [5, 5.41) is 7.47. The second-order valence-corrected chi connectivity index (χ2v) is 6.42. The van der Waals surface area contributed by atoms with E-state index in [4.69, 9.17) is 28.2 Å². The summed E-state index contributed by atoms with van der Waals surface area (Å²) >= 11 is 11.6. The molecule has 24 heavy (non-hydrogen) atoms. The van der Waals surface area contributed by atoms with Crippen LogP contribution in [0.2, 0.25) is 5.02 Å². The largest absolute Gasteiger partial charge is 0.459 e. The smallest absolute Gasteiger partial charge is 0.287 e. The average molecular weight is 364 g/mol. The van der Waals surface area contributed by atoms with Crippen molar-refractivity contribution >= 4 is 40.5 Å². The Kier molecular flexibility index (Phi) is 5.37. The Morgan fingerprint density at radius 3 is 2.62 bits per heavy atom. The topological polar surface area (TPSA) is 57.5 Å². The molecule has 1 amide bonds. The van der Waals surface area contributed by atoms with Crippen LogP contribution in [0.3, 0.4) is 0 Å². The van der Waals surface area contributed by atoms with Crippen LogP contribution in [0.1, 0.15) is 23.4 Å². The minimum atomic E-state index is -0.171. The third kappa shape index (κ3) is 4.07. The van der Waals surface area contributed by atoms with Crippen molar-refractivity contribution in [2.24, 2.45) is 0 Å². The van der Waals surface area contributed by atoms with E-state index in [0.29, 0.717) is 15.9 Å². The maximum Gasteiger partial charge on any atom is 0.287 e. The standard InChI is InChI=1S/C17H18ClN3O2S/c18-13-4-1-2-5-14(13)20-17(24)21-9-7-12(8-10-21)19-16(22)15-6-3-11-23-15/h1-6,11-12H,7-10H2,(H,19,22)(H,20,24). The number of para-hydroxylation sites is 1. The van der Waals surface area contributed by atoms with Crippen molar-refractivity contribution in [1.82, 2.24) is 10.2 Å². The van der Waals surface area contributed by atoms with E-state index in [9.17, 15) is 4.79 Å². The molecule has 0 atom stereocenters. The zero-order valence-electron chi connectivity index (χ0n) is 13.0. The Bertz CT molecular complexity index is 712. The second kappa shape index (κ2) is 7.68. The van der Waals surface area contributed by atoms with Gasteiger partial charge in [0.05, 0.1) is 17.0 Å². The fourth-order valence-electron chi connectivity index (χ4n) is 2.65. The molecule has 0 unspecified atom stereocenters. The lowest BCUT2D eigenvalue weighted by Crippen LogP contribution is -2.47. The van der Waals surface area contributed by atoms with Gasteiger partial charge in [-0.2, -0.15) is 0 Å². The summed E-state index contributed by atoms with van der Waals surface area (Å²) < 4.78 is 5.11. The number of furan rings is 1. The molecule has 2 aromatic rings. The van der Waals surface area contributed by atoms with Crippen LogP contribution in [0.15, 0.2) is 47.1 Å². The van der Waals surface area contributed by atoms with E-state index in [2.05, 4.69) is 15.5 Å². The maximum atomic E-state index is 12.0. The van der Waals surface area contributed by atoms with Crippen molar-refractivity contribution < 1.29 is 9.21 Å². The molecule has 0 saturated carbocycles. The zero-order chi connectivity index (χ0) is 16.9. The van der Waals surface area contributed by atoms with Gasteiger partial charge in [-0.3, -0.25) is 4.79 Å². The number of nitrogens with one attached hydrogen (secondary N) is 2. The Labute approximate surface area is 151 Å². The Balaban J connectivity index is 1.49. The van der Waals surface area contributed by atoms with E-state index in [-0.39, 0.29) is 11.9 Å². The van der Waals surface area contributed by atoms with Gasteiger partial charge in [0, 0.05) is 19.1 Å². The molecule has 5 nitrogen and oxygen atoms in total. The number of amides is 1. The van der Waals surface area contributed by atoms with Crippen LogP contribution in [0.5, 0.6) is 0 Å². The van der Waals surface area contributed by atoms with Crippen LogP contribution in [0.4, 0.5) is 5.69 Å². The van der Waals surface area contributed by atoms with Crippen LogP contribution in [0.25, 0.3) is 0 Å². The molecule has 7 heteroatoms. The van der Waals surface area contributed by atoms with E-state index >= 15 is 0 Å². The third-order valence-corrected chi connectivity index (χ3v) is 4.67. The van der Waals surface area contributed by atoms with Gasteiger partial charge in [-0.1, -0.05) is 23.7 Å². The van der Waals surface area contributed by atoms with E-state index in [1.54, 1.807) is 12.1 Å². The van der Waals surface area contributed by atoms with Gasteiger partial charge in [0.2, 0.25) is 0 Å². The molecule has 1 aliphatic heterocycles. The van der Waals surface area contributed by atoms with Crippen LogP contribution < -0.4 is 10.6 Å². The SMILES string of the molecule is O=C(NC1CCN(C(=S)Nc2ccccc2Cl)CC1)c1ccco1. The third-order valence-electron chi connectivity index (χ3n) is 3.98. The molecule has 0 bridgehead atoms. The molecular weight excluding hydrogens is 346 g/mol. The van der Waals surface area contributed by atoms with Gasteiger partial charge < -0.3 is 20.0 Å². The average Bonchev–Trinajstić information content (AvgIpc) is 3.12. The molecule has 3 rings (SSSR count). The molecule has 1 aliphatic rings. The van der Waals surface area contributed by atoms with E-state index in [0.717, 1.165) is 31.6 Å². The molecular formula is C17H18ClN3O2S. The molecule has 1 aromatic heterocycles. The normalized spacial score (nSPS) is 15.1. The van der Waals surface area contributed by atoms with Gasteiger partial charge in [0.25, 0.3) is 5.91 Å². The number of carbonyl (C=O) groups is 1. The minimum absolute atomic E-state index is 0.127. The maximum absolute atomic E-state index is 12.0. The van der Waals surface area contributed by atoms with Crippen molar-refractivity contribution in [1.29, 1.82) is 0 Å². The van der Waals surface area contributed by atoms with Gasteiger partial charge in [-0.15, -0.1) is 0 Å². The number of halogens is 1. The van der Waals surface area contributed by atoms with E-state index in [1.165, 1.54) is 6.26 Å². The van der Waals surface area contributed by atoms with Gasteiger partial charge in [-0.25, -0.2) is 0 Å². The number of piperidine rings is 1. The predicted molar refractivity (Wildman–Crippen MR) is 98.4 cm³/mol. The number of likely N-dealkylation sites (tertiary alicyclic amines) is 1. The van der Waals surface area contributed by atoms with Gasteiger partial charge in [0.15, 0.2) is 10.9 Å². The van der Waals surface area contributed by atoms with Crippen LogP contribution in [-0.2, 0) is 0 Å². The highest BCUT2D eigenvalue weighted by Gasteiger charge is 2.23. The molecule has 2 N–H and O–H groups in total. The summed E-state index contributed by atoms with van der Waals surface area (Å²) in [7, 11) is 0. The lowest BCUT2D eigenvalue weighted by molar-refractivity contribution is 0.0894. The number of hydrogen-bond acceptors (Lipinski definition) is 3. The summed E-state index contributed by atoms with van der Waals surface area (Å²) in [6.07, 6.45) is 3.16. The lowest BCUT2D eigenvalue weighted by Gasteiger charge is -2.34. The van der Waals surface area contributed by atoms with Crippen LogP contribution in [0, 0.1) is 0 Å². The number of nitrogens with zero attached hydrogens (tertiary/aromatic N) is 1. The van der Waals surface area contributed by atoms with Gasteiger partial charge >= 0.3 is 0 Å². The van der Waals surface area contributed by atoms with Gasteiger partial charge in [-0.05, 0) is 49.3 Å². The van der Waals surface area contributed by atoms with Crippen molar-refractivity contribution in [3.63, 3.8) is 0 Å². The summed E-state index contributed by atoms with van der Waals surface area (Å²) in [6, 6.07) is 11.0. The first-order valence-corrected chi connectivity index (χ1v) is 8.57. The van der Waals surface area contributed by atoms with Crippen molar-refractivity contribution in [3.05, 3.63) is 53.4 Å². The number of rotatable bonds is 3. The summed E-state index contributed by atoms with van der Waals surface area (Å²) in [4.78, 5) is 14.1. The van der Waals surface area contributed by atoms with Gasteiger partial charge in [0.1, 0.15) is 0 Å². The van der Waals surface area contributed by atoms with Crippen LogP contribution >= 0.6 is 23.8 Å². The van der Waals surface area contributed by atoms with E-state index < -0.39 is 0 Å². The first-order valence-electron chi connectivity index (χ1n) is 7.78. The second-order valence-electron chi connectivity index (χ2n) is 5.62. The minimum Gasteiger partial charge on any atom is -0.459 e. The molecule has 0 aliphatic carbocycles. The monoisotopic (exact) mass is 363 g/mol. The van der Waals surface area contributed by atoms with Crippen LogP contribution in [-0.4, -0.2) is 35.1 Å². The zero-order valence-corrected chi connectivity index (χ0v) is 14.6. The Morgan fingerprint density at radius 2 is 1.96 bits per heavy atom. The first kappa shape index (κ1) is 16.8. The molecule has 0 radical (unpaired) electrons. The van der Waals surface area contributed by atoms with Crippen molar-refractivity contribution in [2.45, 2.75) is 18.9 Å². The number of thiocarbonyl (C=S) groups is 1. The quantitative estimate of drug-likeness (QED) is 0.817. The fourth-order valence-corrected chi connectivity index (χ4v) is 3.12. The lowest BCUT2D eigenvalue weighted by atomic mass is 10.1. The highest BCUT2D eigenvalue weighted by Crippen LogP contribution is 2.21. The number of anilines is 1. The summed E-state index contributed by atoms with van der Waals surface area (Å²) in [5.74, 6) is 0.170. The molecule has 0 spiro atoms. The van der Waals surface area contributed by atoms with Crippen molar-refractivity contribution in [3.8, 4) is 0 Å². The fraction of sp³-hybridized carbons (Fsp3) is 0.294. The molecule has 1 saturated heterocycles. The molecule has 2 heterocycles. The van der Waals surface area contributed by atoms with Crippen molar-refractivity contribution in [2.75, 3.05) is 18.4 Å².